The van der Waals surface area contributed by atoms with Crippen molar-refractivity contribution in [2.45, 2.75) is 0 Å². The van der Waals surface area contributed by atoms with Gasteiger partial charge in [0, 0.05) is 46.8 Å². The molecule has 0 radical (unpaired) electrons. The Bertz CT molecular complexity index is 833. The molecule has 0 atom stereocenters. The molecule has 4 nitrogen and oxygen atoms in total. The van der Waals surface area contributed by atoms with E-state index in [2.05, 4.69) is 37.9 Å². The van der Waals surface area contributed by atoms with E-state index < -0.39 is 0 Å². The summed E-state index contributed by atoms with van der Waals surface area (Å²) >= 11 is 2.10. The van der Waals surface area contributed by atoms with E-state index in [9.17, 15) is 4.79 Å². The first-order valence-electron chi connectivity index (χ1n) is 6.42. The molecule has 3 aromatic rings. The molecule has 1 amide bonds. The van der Waals surface area contributed by atoms with Gasteiger partial charge in [-0.25, -0.2) is 9.97 Å². The third kappa shape index (κ3) is 2.87. The van der Waals surface area contributed by atoms with Gasteiger partial charge in [-0.05, 0) is 35.4 Å². The summed E-state index contributed by atoms with van der Waals surface area (Å²) in [5.41, 5.74) is 3.60. The van der Waals surface area contributed by atoms with Crippen molar-refractivity contribution in [3.05, 3.63) is 58.1 Å². The molecule has 0 aliphatic heterocycles. The SMILES string of the molecule is CNC(=O)c1cccc(-c2ccc3nc(I)ncc3c2)c1. The quantitative estimate of drug-likeness (QED) is 0.541. The third-order valence-corrected chi connectivity index (χ3v) is 3.76. The van der Waals surface area contributed by atoms with Crippen LogP contribution in [0.1, 0.15) is 10.4 Å². The molecule has 2 aromatic carbocycles. The molecule has 0 aliphatic rings. The van der Waals surface area contributed by atoms with Crippen LogP contribution in [-0.4, -0.2) is 22.9 Å². The Hall–Kier alpha value is -2.02. The van der Waals surface area contributed by atoms with E-state index in [1.165, 1.54) is 0 Å². The predicted octanol–water partition coefficient (Wildman–Crippen LogP) is 3.26. The van der Waals surface area contributed by atoms with Crippen LogP contribution < -0.4 is 5.32 Å². The standard InChI is InChI=1S/C16H12IN3O/c1-18-15(21)12-4-2-3-10(7-12)11-5-6-14-13(8-11)9-19-16(17)20-14/h2-9H,1H3,(H,18,21). The first-order valence-corrected chi connectivity index (χ1v) is 7.50. The topological polar surface area (TPSA) is 54.9 Å². The summed E-state index contributed by atoms with van der Waals surface area (Å²) in [6.07, 6.45) is 1.82. The number of fused-ring (bicyclic) bond motifs is 1. The van der Waals surface area contributed by atoms with Crippen molar-refractivity contribution in [3.8, 4) is 11.1 Å². The Morgan fingerprint density at radius 1 is 1.14 bits per heavy atom. The second kappa shape index (κ2) is 5.77. The average Bonchev–Trinajstić information content (AvgIpc) is 2.53. The third-order valence-electron chi connectivity index (χ3n) is 3.24. The van der Waals surface area contributed by atoms with Crippen molar-refractivity contribution < 1.29 is 4.79 Å². The van der Waals surface area contributed by atoms with Gasteiger partial charge in [-0.15, -0.1) is 0 Å². The van der Waals surface area contributed by atoms with Crippen molar-refractivity contribution in [2.75, 3.05) is 7.05 Å². The molecule has 1 N–H and O–H groups in total. The highest BCUT2D eigenvalue weighted by molar-refractivity contribution is 14.1. The zero-order valence-electron chi connectivity index (χ0n) is 11.3. The van der Waals surface area contributed by atoms with Gasteiger partial charge in [-0.1, -0.05) is 18.2 Å². The zero-order chi connectivity index (χ0) is 14.8. The molecule has 0 fully saturated rings. The summed E-state index contributed by atoms with van der Waals surface area (Å²) in [7, 11) is 1.63. The van der Waals surface area contributed by atoms with Gasteiger partial charge in [0.1, 0.15) is 0 Å². The largest absolute Gasteiger partial charge is 0.355 e. The van der Waals surface area contributed by atoms with Crippen molar-refractivity contribution in [2.24, 2.45) is 0 Å². The maximum absolute atomic E-state index is 11.7. The van der Waals surface area contributed by atoms with Crippen LogP contribution >= 0.6 is 22.6 Å². The number of carbonyl (C=O) groups excluding carboxylic acids is 1. The van der Waals surface area contributed by atoms with E-state index in [1.807, 2.05) is 42.6 Å². The van der Waals surface area contributed by atoms with Gasteiger partial charge >= 0.3 is 0 Å². The number of nitrogens with one attached hydrogen (secondary N) is 1. The Labute approximate surface area is 135 Å². The van der Waals surface area contributed by atoms with Gasteiger partial charge in [-0.2, -0.15) is 0 Å². The number of benzene rings is 2. The van der Waals surface area contributed by atoms with Gasteiger partial charge in [0.2, 0.25) is 0 Å². The second-order valence-electron chi connectivity index (χ2n) is 4.57. The van der Waals surface area contributed by atoms with Crippen LogP contribution in [0.2, 0.25) is 0 Å². The Kier molecular flexibility index (Phi) is 3.83. The molecule has 0 aliphatic carbocycles. The molecular weight excluding hydrogens is 377 g/mol. The van der Waals surface area contributed by atoms with Gasteiger partial charge in [0.05, 0.1) is 5.52 Å². The van der Waals surface area contributed by atoms with Crippen LogP contribution in [-0.2, 0) is 0 Å². The summed E-state index contributed by atoms with van der Waals surface area (Å²) in [5.74, 6) is -0.0875. The minimum atomic E-state index is -0.0875. The normalized spacial score (nSPS) is 10.6. The molecule has 5 heteroatoms. The van der Waals surface area contributed by atoms with Crippen LogP contribution in [0.15, 0.2) is 48.7 Å². The highest BCUT2D eigenvalue weighted by Gasteiger charge is 2.06. The molecule has 104 valence electrons. The Morgan fingerprint density at radius 3 is 2.76 bits per heavy atom. The molecule has 0 unspecified atom stereocenters. The summed E-state index contributed by atoms with van der Waals surface area (Å²) in [5, 5.41) is 3.62. The van der Waals surface area contributed by atoms with Crippen molar-refractivity contribution in [1.29, 1.82) is 0 Å². The van der Waals surface area contributed by atoms with E-state index in [0.29, 0.717) is 5.56 Å². The predicted molar refractivity (Wildman–Crippen MR) is 91.1 cm³/mol. The summed E-state index contributed by atoms with van der Waals surface area (Å²) in [4.78, 5) is 20.3. The molecule has 0 spiro atoms. The Morgan fingerprint density at radius 2 is 1.95 bits per heavy atom. The van der Waals surface area contributed by atoms with E-state index in [1.54, 1.807) is 13.1 Å². The number of carbonyl (C=O) groups is 1. The fraction of sp³-hybridized carbons (Fsp3) is 0.0625. The van der Waals surface area contributed by atoms with Gasteiger partial charge in [0.25, 0.3) is 5.91 Å². The summed E-state index contributed by atoms with van der Waals surface area (Å²) in [6, 6.07) is 13.6. The molecule has 3 rings (SSSR count). The second-order valence-corrected chi connectivity index (χ2v) is 5.54. The molecule has 0 bridgehead atoms. The summed E-state index contributed by atoms with van der Waals surface area (Å²) < 4.78 is 0.731. The Balaban J connectivity index is 2.08. The van der Waals surface area contributed by atoms with Crippen LogP contribution in [0.3, 0.4) is 0 Å². The van der Waals surface area contributed by atoms with Crippen LogP contribution in [0, 0.1) is 3.83 Å². The zero-order valence-corrected chi connectivity index (χ0v) is 13.5. The van der Waals surface area contributed by atoms with E-state index >= 15 is 0 Å². The highest BCUT2D eigenvalue weighted by Crippen LogP contribution is 2.24. The van der Waals surface area contributed by atoms with Crippen LogP contribution in [0.25, 0.3) is 22.0 Å². The minimum absolute atomic E-state index is 0.0875. The van der Waals surface area contributed by atoms with E-state index in [4.69, 9.17) is 0 Å². The monoisotopic (exact) mass is 389 g/mol. The molecule has 1 aromatic heterocycles. The molecule has 1 heterocycles. The minimum Gasteiger partial charge on any atom is -0.355 e. The maximum Gasteiger partial charge on any atom is 0.251 e. The lowest BCUT2D eigenvalue weighted by Gasteiger charge is -2.06. The molecule has 0 saturated heterocycles. The number of hydrogen-bond donors (Lipinski definition) is 1. The van der Waals surface area contributed by atoms with Crippen molar-refractivity contribution in [1.82, 2.24) is 15.3 Å². The maximum atomic E-state index is 11.7. The lowest BCUT2D eigenvalue weighted by atomic mass is 10.0. The van der Waals surface area contributed by atoms with Gasteiger partial charge in [-0.3, -0.25) is 4.79 Å². The van der Waals surface area contributed by atoms with Gasteiger partial charge in [0.15, 0.2) is 3.83 Å². The number of halogens is 1. The fourth-order valence-corrected chi connectivity index (χ4v) is 2.57. The number of amides is 1. The average molecular weight is 389 g/mol. The lowest BCUT2D eigenvalue weighted by Crippen LogP contribution is -2.17. The lowest BCUT2D eigenvalue weighted by molar-refractivity contribution is 0.0963. The highest BCUT2D eigenvalue weighted by atomic mass is 127. The van der Waals surface area contributed by atoms with Crippen molar-refractivity contribution >= 4 is 39.4 Å². The van der Waals surface area contributed by atoms with Crippen LogP contribution in [0.5, 0.6) is 0 Å². The molecular formula is C16H12IN3O. The first kappa shape index (κ1) is 13.9. The van der Waals surface area contributed by atoms with E-state index in [-0.39, 0.29) is 5.91 Å². The number of aromatic nitrogens is 2. The van der Waals surface area contributed by atoms with Gasteiger partial charge < -0.3 is 5.32 Å². The van der Waals surface area contributed by atoms with Crippen molar-refractivity contribution in [3.63, 3.8) is 0 Å². The number of rotatable bonds is 2. The summed E-state index contributed by atoms with van der Waals surface area (Å²) in [6.45, 7) is 0. The first-order chi connectivity index (χ1) is 10.2. The number of nitrogens with zero attached hydrogens (tertiary/aromatic N) is 2. The molecule has 21 heavy (non-hydrogen) atoms. The fourth-order valence-electron chi connectivity index (χ4n) is 2.17. The molecule has 0 saturated carbocycles. The number of hydrogen-bond acceptors (Lipinski definition) is 3. The van der Waals surface area contributed by atoms with E-state index in [0.717, 1.165) is 25.9 Å². The van der Waals surface area contributed by atoms with Crippen LogP contribution in [0.4, 0.5) is 0 Å². The smallest absolute Gasteiger partial charge is 0.251 e.